The molecule has 0 saturated carbocycles. The lowest BCUT2D eigenvalue weighted by molar-refractivity contribution is -0.113. The first-order valence-corrected chi connectivity index (χ1v) is 7.51. The Hall–Kier alpha value is -2.49. The van der Waals surface area contributed by atoms with Crippen LogP contribution in [0.4, 0.5) is 5.69 Å². The molecule has 1 aromatic carbocycles. The Morgan fingerprint density at radius 3 is 2.30 bits per heavy atom. The zero-order valence-electron chi connectivity index (χ0n) is 14.3. The number of azo groups is 1. The summed E-state index contributed by atoms with van der Waals surface area (Å²) in [5, 5.41) is 8.28. The van der Waals surface area contributed by atoms with Crippen LogP contribution < -0.4 is 4.74 Å². The number of methoxy groups -OCH3 is 1. The maximum absolute atomic E-state index is 12.2. The molecule has 2 rings (SSSR count). The summed E-state index contributed by atoms with van der Waals surface area (Å²) in [7, 11) is 1.62. The highest BCUT2D eigenvalue weighted by Gasteiger charge is 2.27. The lowest BCUT2D eigenvalue weighted by Crippen LogP contribution is -2.21. The van der Waals surface area contributed by atoms with Crippen LogP contribution in [0.15, 0.2) is 69.6 Å². The van der Waals surface area contributed by atoms with E-state index >= 15 is 0 Å². The van der Waals surface area contributed by atoms with E-state index in [1.165, 1.54) is 0 Å². The summed E-state index contributed by atoms with van der Waals surface area (Å²) in [5.74, 6) is 0.881. The maximum Gasteiger partial charge on any atom is 0.185 e. The van der Waals surface area contributed by atoms with Gasteiger partial charge < -0.3 is 4.74 Å². The Balaban J connectivity index is 2.22. The average molecular weight is 310 g/mol. The summed E-state index contributed by atoms with van der Waals surface area (Å²) in [6, 6.07) is 7.34. The highest BCUT2D eigenvalue weighted by Crippen LogP contribution is 2.32. The van der Waals surface area contributed by atoms with E-state index in [0.29, 0.717) is 0 Å². The van der Waals surface area contributed by atoms with Gasteiger partial charge in [0, 0.05) is 5.57 Å². The quantitative estimate of drug-likeness (QED) is 0.724. The third kappa shape index (κ3) is 4.25. The summed E-state index contributed by atoms with van der Waals surface area (Å²) in [6.45, 7) is 7.93. The second-order valence-corrected chi connectivity index (χ2v) is 6.51. The van der Waals surface area contributed by atoms with Crippen molar-refractivity contribution in [3.8, 4) is 5.75 Å². The van der Waals surface area contributed by atoms with Gasteiger partial charge in [0.15, 0.2) is 5.78 Å². The van der Waals surface area contributed by atoms with Crippen molar-refractivity contribution in [3.05, 3.63) is 59.3 Å². The monoisotopic (exact) mass is 310 g/mol. The lowest BCUT2D eigenvalue weighted by atomic mass is 9.78. The molecule has 0 radical (unpaired) electrons. The van der Waals surface area contributed by atoms with Gasteiger partial charge in [0.2, 0.25) is 0 Å². The minimum atomic E-state index is -0.196. The highest BCUT2D eigenvalue weighted by molar-refractivity contribution is 6.10. The molecule has 1 aromatic rings. The van der Waals surface area contributed by atoms with Crippen LogP contribution in [-0.2, 0) is 4.79 Å². The van der Waals surface area contributed by atoms with Crippen LogP contribution in [0.3, 0.4) is 0 Å². The molecule has 0 fully saturated rings. The molecule has 0 bridgehead atoms. The first-order chi connectivity index (χ1) is 10.8. The summed E-state index contributed by atoms with van der Waals surface area (Å²) in [6.07, 6.45) is 5.40. The third-order valence-corrected chi connectivity index (χ3v) is 3.56. The summed E-state index contributed by atoms with van der Waals surface area (Å²) < 4.78 is 5.10. The fourth-order valence-electron chi connectivity index (χ4n) is 2.24. The summed E-state index contributed by atoms with van der Waals surface area (Å²) in [4.78, 5) is 12.2. The Morgan fingerprint density at radius 1 is 1.09 bits per heavy atom. The summed E-state index contributed by atoms with van der Waals surface area (Å²) >= 11 is 0. The number of carbonyl (C=O) groups is 1. The third-order valence-electron chi connectivity index (χ3n) is 3.56. The topological polar surface area (TPSA) is 51.0 Å². The van der Waals surface area contributed by atoms with Crippen LogP contribution in [0, 0.1) is 5.41 Å². The Kier molecular flexibility index (Phi) is 4.94. The molecule has 23 heavy (non-hydrogen) atoms. The normalized spacial score (nSPS) is 17.4. The molecule has 0 heterocycles. The van der Waals surface area contributed by atoms with E-state index in [1.54, 1.807) is 13.3 Å². The Labute approximate surface area is 137 Å². The fourth-order valence-corrected chi connectivity index (χ4v) is 2.24. The second-order valence-electron chi connectivity index (χ2n) is 6.51. The van der Waals surface area contributed by atoms with Crippen LogP contribution in [0.5, 0.6) is 5.75 Å². The van der Waals surface area contributed by atoms with E-state index in [1.807, 2.05) is 64.1 Å². The smallest absolute Gasteiger partial charge is 0.185 e. The van der Waals surface area contributed by atoms with Crippen molar-refractivity contribution in [2.45, 2.75) is 27.7 Å². The molecular weight excluding hydrogens is 288 g/mol. The standard InChI is InChI=1S/C19H22N2O2/c1-13-10-14(11-17(18(13)22)19(2,3)4)12-20-21-15-6-8-16(23-5)9-7-15/h6-12H,1-5H3/b14-12+,21-20?. The lowest BCUT2D eigenvalue weighted by Gasteiger charge is -2.24. The molecule has 1 aliphatic rings. The minimum Gasteiger partial charge on any atom is -0.497 e. The highest BCUT2D eigenvalue weighted by atomic mass is 16.5. The summed E-state index contributed by atoms with van der Waals surface area (Å²) in [5.41, 5.74) is 2.95. The molecule has 0 N–H and O–H groups in total. The number of hydrogen-bond acceptors (Lipinski definition) is 4. The van der Waals surface area contributed by atoms with Crippen molar-refractivity contribution in [1.29, 1.82) is 0 Å². The minimum absolute atomic E-state index is 0.0988. The number of carbonyl (C=O) groups excluding carboxylic acids is 1. The van der Waals surface area contributed by atoms with Crippen molar-refractivity contribution in [3.63, 3.8) is 0 Å². The fraction of sp³-hybridized carbons (Fsp3) is 0.316. The Bertz CT molecular complexity index is 715. The van der Waals surface area contributed by atoms with Crippen molar-refractivity contribution >= 4 is 11.5 Å². The van der Waals surface area contributed by atoms with Gasteiger partial charge in [-0.05, 0) is 59.9 Å². The van der Waals surface area contributed by atoms with Crippen molar-refractivity contribution < 1.29 is 9.53 Å². The molecular formula is C19H22N2O2. The molecule has 4 nitrogen and oxygen atoms in total. The molecule has 0 unspecified atom stereocenters. The molecule has 0 aromatic heterocycles. The zero-order chi connectivity index (χ0) is 17.0. The van der Waals surface area contributed by atoms with Gasteiger partial charge in [-0.2, -0.15) is 10.2 Å². The number of ether oxygens (including phenoxy) is 1. The Morgan fingerprint density at radius 2 is 1.74 bits per heavy atom. The first kappa shape index (κ1) is 16.9. The number of rotatable bonds is 3. The molecule has 0 saturated heterocycles. The van der Waals surface area contributed by atoms with Gasteiger partial charge in [0.1, 0.15) is 5.75 Å². The first-order valence-electron chi connectivity index (χ1n) is 7.51. The van der Waals surface area contributed by atoms with Gasteiger partial charge in [0.05, 0.1) is 19.0 Å². The van der Waals surface area contributed by atoms with Gasteiger partial charge in [-0.1, -0.05) is 20.8 Å². The number of ketones is 1. The molecule has 0 atom stereocenters. The van der Waals surface area contributed by atoms with E-state index in [9.17, 15) is 4.79 Å². The maximum atomic E-state index is 12.2. The molecule has 0 amide bonds. The van der Waals surface area contributed by atoms with Gasteiger partial charge in [-0.3, -0.25) is 4.79 Å². The van der Waals surface area contributed by atoms with Crippen LogP contribution in [0.1, 0.15) is 27.7 Å². The zero-order valence-corrected chi connectivity index (χ0v) is 14.3. The van der Waals surface area contributed by atoms with E-state index in [2.05, 4.69) is 10.2 Å². The molecule has 120 valence electrons. The van der Waals surface area contributed by atoms with Crippen molar-refractivity contribution in [1.82, 2.24) is 0 Å². The number of benzene rings is 1. The second kappa shape index (κ2) is 6.73. The van der Waals surface area contributed by atoms with Gasteiger partial charge in [-0.15, -0.1) is 0 Å². The molecule has 4 heteroatoms. The average Bonchev–Trinajstić information content (AvgIpc) is 2.50. The van der Waals surface area contributed by atoms with E-state index < -0.39 is 0 Å². The number of nitrogens with zero attached hydrogens (tertiary/aromatic N) is 2. The van der Waals surface area contributed by atoms with Crippen molar-refractivity contribution in [2.24, 2.45) is 15.6 Å². The van der Waals surface area contributed by atoms with E-state index in [0.717, 1.165) is 28.2 Å². The number of hydrogen-bond donors (Lipinski definition) is 0. The van der Waals surface area contributed by atoms with Crippen LogP contribution >= 0.6 is 0 Å². The van der Waals surface area contributed by atoms with E-state index in [-0.39, 0.29) is 11.2 Å². The van der Waals surface area contributed by atoms with Crippen molar-refractivity contribution in [2.75, 3.05) is 7.11 Å². The predicted molar refractivity (Wildman–Crippen MR) is 91.9 cm³/mol. The van der Waals surface area contributed by atoms with E-state index in [4.69, 9.17) is 4.74 Å². The molecule has 0 spiro atoms. The van der Waals surface area contributed by atoms with Gasteiger partial charge in [-0.25, -0.2) is 0 Å². The molecule has 1 aliphatic carbocycles. The van der Waals surface area contributed by atoms with Gasteiger partial charge in [0.25, 0.3) is 0 Å². The van der Waals surface area contributed by atoms with Crippen LogP contribution in [-0.4, -0.2) is 12.9 Å². The number of Topliss-reactive ketones (excluding diaryl/α,β-unsaturated/α-hetero) is 1. The van der Waals surface area contributed by atoms with Crippen LogP contribution in [0.2, 0.25) is 0 Å². The molecule has 0 aliphatic heterocycles. The SMILES string of the molecule is COc1ccc(N=N/C=C2\C=C(C)C(=O)C(C(C)(C)C)=C2)cc1. The van der Waals surface area contributed by atoms with Crippen LogP contribution in [0.25, 0.3) is 0 Å². The van der Waals surface area contributed by atoms with Gasteiger partial charge >= 0.3 is 0 Å². The predicted octanol–water partition coefficient (Wildman–Crippen LogP) is 5.16. The largest absolute Gasteiger partial charge is 0.497 e. The number of allylic oxidation sites excluding steroid dienone is 5.